The molecule has 1 aromatic rings. The number of amides is 1. The van der Waals surface area contributed by atoms with Crippen LogP contribution in [0.1, 0.15) is 38.2 Å². The van der Waals surface area contributed by atoms with Crippen molar-refractivity contribution in [1.82, 2.24) is 5.32 Å². The van der Waals surface area contributed by atoms with Crippen LogP contribution in [0, 0.1) is 23.5 Å². The Hall–Kier alpha value is -1.49. The van der Waals surface area contributed by atoms with Gasteiger partial charge in [0.15, 0.2) is 11.6 Å². The molecule has 116 valence electrons. The predicted molar refractivity (Wildman–Crippen MR) is 77.6 cm³/mol. The molecule has 1 aromatic carbocycles. The van der Waals surface area contributed by atoms with Gasteiger partial charge in [0.05, 0.1) is 0 Å². The van der Waals surface area contributed by atoms with E-state index in [9.17, 15) is 13.6 Å². The van der Waals surface area contributed by atoms with Crippen LogP contribution in [0.15, 0.2) is 18.2 Å². The zero-order valence-corrected chi connectivity index (χ0v) is 12.4. The highest BCUT2D eigenvalue weighted by atomic mass is 19.2. The van der Waals surface area contributed by atoms with Crippen molar-refractivity contribution in [3.63, 3.8) is 0 Å². The lowest BCUT2D eigenvalue weighted by Gasteiger charge is -2.18. The zero-order chi connectivity index (χ0) is 15.6. The maximum Gasteiger partial charge on any atom is 0.224 e. The van der Waals surface area contributed by atoms with Crippen molar-refractivity contribution in [3.8, 4) is 0 Å². The highest BCUT2D eigenvalue weighted by Gasteiger charge is 2.45. The number of hydrogen-bond donors (Lipinski definition) is 2. The van der Waals surface area contributed by atoms with Crippen LogP contribution in [-0.2, 0) is 4.79 Å². The number of carbonyl (C=O) groups is 1. The third-order valence-corrected chi connectivity index (χ3v) is 3.89. The van der Waals surface area contributed by atoms with Gasteiger partial charge in [-0.05, 0) is 36.3 Å². The quantitative estimate of drug-likeness (QED) is 0.847. The molecule has 0 aliphatic heterocycles. The highest BCUT2D eigenvalue weighted by molar-refractivity contribution is 5.83. The van der Waals surface area contributed by atoms with Gasteiger partial charge in [0.25, 0.3) is 0 Å². The first-order chi connectivity index (χ1) is 9.93. The number of nitrogens with one attached hydrogen (secondary N) is 1. The standard InChI is InChI=1S/C16H22F2N2O/c1-9(2)6-10(8-19)20-16(21)13-7-12(13)11-4-3-5-14(17)15(11)18/h3-5,9-10,12-13H,6-8,19H2,1-2H3,(H,20,21). The van der Waals surface area contributed by atoms with Crippen LogP contribution in [0.25, 0.3) is 0 Å². The van der Waals surface area contributed by atoms with Crippen LogP contribution < -0.4 is 11.1 Å². The fourth-order valence-electron chi connectivity index (χ4n) is 2.73. The van der Waals surface area contributed by atoms with Crippen molar-refractivity contribution in [2.75, 3.05) is 6.54 Å². The third-order valence-electron chi connectivity index (χ3n) is 3.89. The molecule has 0 heterocycles. The Labute approximate surface area is 123 Å². The smallest absolute Gasteiger partial charge is 0.224 e. The van der Waals surface area contributed by atoms with E-state index >= 15 is 0 Å². The minimum absolute atomic E-state index is 0.0592. The topological polar surface area (TPSA) is 55.1 Å². The maximum absolute atomic E-state index is 13.7. The fourth-order valence-corrected chi connectivity index (χ4v) is 2.73. The summed E-state index contributed by atoms with van der Waals surface area (Å²) < 4.78 is 26.9. The van der Waals surface area contributed by atoms with Gasteiger partial charge in [-0.2, -0.15) is 0 Å². The first kappa shape index (κ1) is 15.9. The second-order valence-electron chi connectivity index (χ2n) is 6.16. The largest absolute Gasteiger partial charge is 0.352 e. The number of rotatable bonds is 6. The van der Waals surface area contributed by atoms with Gasteiger partial charge in [-0.25, -0.2) is 8.78 Å². The van der Waals surface area contributed by atoms with Crippen LogP contribution >= 0.6 is 0 Å². The van der Waals surface area contributed by atoms with Gasteiger partial charge in [0.1, 0.15) is 0 Å². The summed E-state index contributed by atoms with van der Waals surface area (Å²) in [5.74, 6) is -1.87. The van der Waals surface area contributed by atoms with E-state index in [0.29, 0.717) is 24.4 Å². The van der Waals surface area contributed by atoms with Crippen LogP contribution in [0.2, 0.25) is 0 Å². The van der Waals surface area contributed by atoms with E-state index in [4.69, 9.17) is 5.73 Å². The first-order valence-corrected chi connectivity index (χ1v) is 7.38. The van der Waals surface area contributed by atoms with Crippen molar-refractivity contribution in [3.05, 3.63) is 35.4 Å². The Bertz CT molecular complexity index is 519. The second-order valence-corrected chi connectivity index (χ2v) is 6.16. The number of halogens is 2. The molecule has 5 heteroatoms. The van der Waals surface area contributed by atoms with Gasteiger partial charge >= 0.3 is 0 Å². The Morgan fingerprint density at radius 1 is 1.43 bits per heavy atom. The molecule has 0 spiro atoms. The predicted octanol–water partition coefficient (Wildman–Crippen LogP) is 2.56. The van der Waals surface area contributed by atoms with E-state index in [2.05, 4.69) is 19.2 Å². The Kier molecular flexibility index (Phi) is 4.93. The highest BCUT2D eigenvalue weighted by Crippen LogP contribution is 2.48. The van der Waals surface area contributed by atoms with Gasteiger partial charge in [-0.1, -0.05) is 26.0 Å². The molecular weight excluding hydrogens is 274 g/mol. The summed E-state index contributed by atoms with van der Waals surface area (Å²) in [5, 5.41) is 2.91. The van der Waals surface area contributed by atoms with Crippen LogP contribution in [0.4, 0.5) is 8.78 Å². The number of hydrogen-bond acceptors (Lipinski definition) is 2. The van der Waals surface area contributed by atoms with Gasteiger partial charge in [0.2, 0.25) is 5.91 Å². The first-order valence-electron chi connectivity index (χ1n) is 7.38. The van der Waals surface area contributed by atoms with Crippen LogP contribution in [0.5, 0.6) is 0 Å². The Morgan fingerprint density at radius 2 is 2.14 bits per heavy atom. The lowest BCUT2D eigenvalue weighted by molar-refractivity contribution is -0.123. The summed E-state index contributed by atoms with van der Waals surface area (Å²) in [6.07, 6.45) is 1.37. The Balaban J connectivity index is 1.96. The molecule has 3 N–H and O–H groups in total. The van der Waals surface area contributed by atoms with E-state index in [1.165, 1.54) is 6.07 Å². The summed E-state index contributed by atoms with van der Waals surface area (Å²) in [6, 6.07) is 4.05. The van der Waals surface area contributed by atoms with E-state index in [1.54, 1.807) is 6.07 Å². The Morgan fingerprint density at radius 3 is 2.76 bits per heavy atom. The molecule has 0 saturated heterocycles. The molecule has 2 rings (SSSR count). The molecule has 21 heavy (non-hydrogen) atoms. The molecule has 1 saturated carbocycles. The summed E-state index contributed by atoms with van der Waals surface area (Å²) in [6.45, 7) is 4.52. The monoisotopic (exact) mass is 296 g/mol. The zero-order valence-electron chi connectivity index (χ0n) is 12.4. The lowest BCUT2D eigenvalue weighted by atomic mass is 10.0. The van der Waals surface area contributed by atoms with Gasteiger partial charge in [0, 0.05) is 18.5 Å². The molecule has 0 bridgehead atoms. The molecule has 1 aliphatic carbocycles. The van der Waals surface area contributed by atoms with Gasteiger partial charge in [-0.15, -0.1) is 0 Å². The molecule has 0 aromatic heterocycles. The average Bonchev–Trinajstić information content (AvgIpc) is 3.20. The van der Waals surface area contributed by atoms with Crippen molar-refractivity contribution in [1.29, 1.82) is 0 Å². The number of carbonyl (C=O) groups excluding carboxylic acids is 1. The fraction of sp³-hybridized carbons (Fsp3) is 0.562. The van der Waals surface area contributed by atoms with Crippen molar-refractivity contribution < 1.29 is 13.6 Å². The van der Waals surface area contributed by atoms with E-state index < -0.39 is 11.6 Å². The molecular formula is C16H22F2N2O. The molecule has 3 atom stereocenters. The maximum atomic E-state index is 13.7. The average molecular weight is 296 g/mol. The van der Waals surface area contributed by atoms with Crippen molar-refractivity contribution in [2.45, 2.75) is 38.6 Å². The van der Waals surface area contributed by atoms with Crippen LogP contribution in [0.3, 0.4) is 0 Å². The van der Waals surface area contributed by atoms with Gasteiger partial charge < -0.3 is 11.1 Å². The normalized spacial score (nSPS) is 22.2. The van der Waals surface area contributed by atoms with Crippen LogP contribution in [-0.4, -0.2) is 18.5 Å². The molecule has 1 amide bonds. The van der Waals surface area contributed by atoms with E-state index in [1.807, 2.05) is 0 Å². The summed E-state index contributed by atoms with van der Waals surface area (Å²) in [4.78, 5) is 12.2. The summed E-state index contributed by atoms with van der Waals surface area (Å²) in [7, 11) is 0. The van der Waals surface area contributed by atoms with E-state index in [0.717, 1.165) is 12.5 Å². The summed E-state index contributed by atoms with van der Waals surface area (Å²) >= 11 is 0. The van der Waals surface area contributed by atoms with Crippen molar-refractivity contribution in [2.24, 2.45) is 17.6 Å². The SMILES string of the molecule is CC(C)CC(CN)NC(=O)C1CC1c1cccc(F)c1F. The van der Waals surface area contributed by atoms with E-state index in [-0.39, 0.29) is 23.8 Å². The number of nitrogens with two attached hydrogens (primary N) is 1. The summed E-state index contributed by atoms with van der Waals surface area (Å²) in [5.41, 5.74) is 5.95. The molecule has 3 unspecified atom stereocenters. The molecule has 0 radical (unpaired) electrons. The minimum atomic E-state index is -0.863. The number of benzene rings is 1. The molecule has 1 aliphatic rings. The third kappa shape index (κ3) is 3.79. The minimum Gasteiger partial charge on any atom is -0.352 e. The lowest BCUT2D eigenvalue weighted by Crippen LogP contribution is -2.42. The van der Waals surface area contributed by atoms with Crippen molar-refractivity contribution >= 4 is 5.91 Å². The molecule has 3 nitrogen and oxygen atoms in total. The van der Waals surface area contributed by atoms with Gasteiger partial charge in [-0.3, -0.25) is 4.79 Å². The molecule has 1 fully saturated rings. The second kappa shape index (κ2) is 6.52.